The number of unbranched alkanes of at least 4 members (excludes halogenated alkanes) is 6. The molecule has 0 saturated heterocycles. The molecular weight excluding hydrogens is 220 g/mol. The molecule has 0 radical (unpaired) electrons. The molecule has 0 saturated carbocycles. The maximum absolute atomic E-state index is 6.29. The van der Waals surface area contributed by atoms with Crippen LogP contribution in [0.3, 0.4) is 0 Å². The average molecular weight is 256 g/mol. The third-order valence-electron chi connectivity index (χ3n) is 4.15. The number of likely N-dealkylation sites (N-methyl/N-ethyl adjacent to an activating group) is 1. The average Bonchev–Trinajstić information content (AvgIpc) is 2.38. The number of rotatable bonds is 12. The lowest BCUT2D eigenvalue weighted by Crippen LogP contribution is -2.45. The predicted molar refractivity (Wildman–Crippen MR) is 83.0 cm³/mol. The van der Waals surface area contributed by atoms with Crippen LogP contribution in [0.5, 0.6) is 0 Å². The second-order valence-electron chi connectivity index (χ2n) is 5.54. The molecule has 0 fully saturated rings. The van der Waals surface area contributed by atoms with Gasteiger partial charge in [0, 0.05) is 12.1 Å². The van der Waals surface area contributed by atoms with E-state index in [1.54, 1.807) is 0 Å². The Hall–Kier alpha value is -0.0800. The lowest BCUT2D eigenvalue weighted by molar-refractivity contribution is 0.196. The van der Waals surface area contributed by atoms with E-state index >= 15 is 0 Å². The van der Waals surface area contributed by atoms with Crippen molar-refractivity contribution in [1.82, 2.24) is 4.90 Å². The quantitative estimate of drug-likeness (QED) is 0.531. The molecule has 0 spiro atoms. The van der Waals surface area contributed by atoms with Crippen molar-refractivity contribution in [1.29, 1.82) is 0 Å². The molecular formula is C16H36N2. The first-order valence-electron chi connectivity index (χ1n) is 8.16. The minimum atomic E-state index is 0.348. The molecule has 0 aromatic rings. The Morgan fingerprint density at radius 2 is 1.33 bits per heavy atom. The van der Waals surface area contributed by atoms with E-state index < -0.39 is 0 Å². The van der Waals surface area contributed by atoms with Crippen LogP contribution in [-0.2, 0) is 0 Å². The second kappa shape index (κ2) is 12.0. The highest BCUT2D eigenvalue weighted by Crippen LogP contribution is 2.12. The largest absolute Gasteiger partial charge is 0.326 e. The molecule has 0 bridgehead atoms. The summed E-state index contributed by atoms with van der Waals surface area (Å²) in [7, 11) is 0. The second-order valence-corrected chi connectivity index (χ2v) is 5.54. The van der Waals surface area contributed by atoms with Crippen LogP contribution in [0.2, 0.25) is 0 Å². The van der Waals surface area contributed by atoms with Crippen molar-refractivity contribution in [2.45, 2.75) is 91.1 Å². The molecule has 2 heteroatoms. The van der Waals surface area contributed by atoms with Gasteiger partial charge in [0.05, 0.1) is 0 Å². The standard InChI is InChI=1S/C16H36N2/c1-5-8-9-10-11-12-13-14-16(17)15(4)18(6-2)7-3/h15-16H,5-14,17H2,1-4H3. The van der Waals surface area contributed by atoms with Crippen LogP contribution in [0, 0.1) is 0 Å². The fourth-order valence-electron chi connectivity index (χ4n) is 2.65. The van der Waals surface area contributed by atoms with E-state index in [1.807, 2.05) is 0 Å². The first kappa shape index (κ1) is 17.9. The third kappa shape index (κ3) is 8.10. The monoisotopic (exact) mass is 256 g/mol. The first-order chi connectivity index (χ1) is 8.67. The SMILES string of the molecule is CCCCCCCCCC(N)C(C)N(CC)CC. The van der Waals surface area contributed by atoms with E-state index in [9.17, 15) is 0 Å². The van der Waals surface area contributed by atoms with Gasteiger partial charge in [-0.15, -0.1) is 0 Å². The zero-order valence-electron chi connectivity index (χ0n) is 13.3. The van der Waals surface area contributed by atoms with E-state index in [0.29, 0.717) is 12.1 Å². The Labute approximate surface area is 115 Å². The van der Waals surface area contributed by atoms with E-state index in [-0.39, 0.29) is 0 Å². The highest BCUT2D eigenvalue weighted by atomic mass is 15.2. The summed E-state index contributed by atoms with van der Waals surface area (Å²) in [5.74, 6) is 0. The highest BCUT2D eigenvalue weighted by Gasteiger charge is 2.17. The lowest BCUT2D eigenvalue weighted by Gasteiger charge is -2.31. The van der Waals surface area contributed by atoms with Crippen LogP contribution in [0.15, 0.2) is 0 Å². The van der Waals surface area contributed by atoms with Crippen molar-refractivity contribution in [3.63, 3.8) is 0 Å². The summed E-state index contributed by atoms with van der Waals surface area (Å²) in [5, 5.41) is 0. The van der Waals surface area contributed by atoms with Gasteiger partial charge in [-0.2, -0.15) is 0 Å². The first-order valence-corrected chi connectivity index (χ1v) is 8.16. The Morgan fingerprint density at radius 1 is 0.833 bits per heavy atom. The molecule has 0 rings (SSSR count). The number of nitrogens with two attached hydrogens (primary N) is 1. The van der Waals surface area contributed by atoms with Gasteiger partial charge in [0.2, 0.25) is 0 Å². The fourth-order valence-corrected chi connectivity index (χ4v) is 2.65. The molecule has 2 nitrogen and oxygen atoms in total. The maximum atomic E-state index is 6.29. The molecule has 2 N–H and O–H groups in total. The normalized spacial score (nSPS) is 15.0. The molecule has 0 heterocycles. The van der Waals surface area contributed by atoms with Crippen LogP contribution >= 0.6 is 0 Å². The summed E-state index contributed by atoms with van der Waals surface area (Å²) < 4.78 is 0. The van der Waals surface area contributed by atoms with Crippen molar-refractivity contribution in [2.75, 3.05) is 13.1 Å². The fraction of sp³-hybridized carbons (Fsp3) is 1.00. The molecule has 0 aliphatic carbocycles. The smallest absolute Gasteiger partial charge is 0.0218 e. The van der Waals surface area contributed by atoms with Gasteiger partial charge in [0.1, 0.15) is 0 Å². The van der Waals surface area contributed by atoms with Gasteiger partial charge in [0.15, 0.2) is 0 Å². The van der Waals surface area contributed by atoms with E-state index in [2.05, 4.69) is 32.6 Å². The van der Waals surface area contributed by atoms with Crippen LogP contribution < -0.4 is 5.73 Å². The number of hydrogen-bond donors (Lipinski definition) is 1. The van der Waals surface area contributed by atoms with Gasteiger partial charge in [0.25, 0.3) is 0 Å². The van der Waals surface area contributed by atoms with E-state index in [4.69, 9.17) is 5.73 Å². The van der Waals surface area contributed by atoms with Gasteiger partial charge in [-0.3, -0.25) is 4.90 Å². The van der Waals surface area contributed by atoms with Crippen molar-refractivity contribution >= 4 is 0 Å². The highest BCUT2D eigenvalue weighted by molar-refractivity contribution is 4.77. The minimum absolute atomic E-state index is 0.348. The molecule has 2 atom stereocenters. The van der Waals surface area contributed by atoms with Crippen LogP contribution in [-0.4, -0.2) is 30.1 Å². The van der Waals surface area contributed by atoms with E-state index in [0.717, 1.165) is 13.1 Å². The Balaban J connectivity index is 3.54. The summed E-state index contributed by atoms with van der Waals surface area (Å²) >= 11 is 0. The lowest BCUT2D eigenvalue weighted by atomic mass is 10.0. The predicted octanol–water partition coefficient (Wildman–Crippen LogP) is 4.18. The maximum Gasteiger partial charge on any atom is 0.0218 e. The van der Waals surface area contributed by atoms with Crippen molar-refractivity contribution in [3.05, 3.63) is 0 Å². The van der Waals surface area contributed by atoms with Crippen LogP contribution in [0.1, 0.15) is 79.1 Å². The minimum Gasteiger partial charge on any atom is -0.326 e. The summed E-state index contributed by atoms with van der Waals surface area (Å²) in [6, 6.07) is 0.876. The molecule has 0 aromatic heterocycles. The van der Waals surface area contributed by atoms with Crippen LogP contribution in [0.25, 0.3) is 0 Å². The molecule has 0 aliphatic rings. The zero-order valence-corrected chi connectivity index (χ0v) is 13.3. The van der Waals surface area contributed by atoms with Crippen molar-refractivity contribution < 1.29 is 0 Å². The summed E-state index contributed by atoms with van der Waals surface area (Å²) in [6.07, 6.45) is 10.8. The van der Waals surface area contributed by atoms with Gasteiger partial charge in [-0.05, 0) is 26.4 Å². The topological polar surface area (TPSA) is 29.3 Å². The summed E-state index contributed by atoms with van der Waals surface area (Å²) in [6.45, 7) is 11.2. The van der Waals surface area contributed by atoms with Gasteiger partial charge in [-0.1, -0.05) is 65.7 Å². The Bertz CT molecular complexity index is 166. The van der Waals surface area contributed by atoms with Crippen molar-refractivity contribution in [3.8, 4) is 0 Å². The third-order valence-corrected chi connectivity index (χ3v) is 4.15. The molecule has 0 amide bonds. The van der Waals surface area contributed by atoms with E-state index in [1.165, 1.54) is 51.4 Å². The molecule has 0 aromatic carbocycles. The Morgan fingerprint density at radius 3 is 1.83 bits per heavy atom. The van der Waals surface area contributed by atoms with Gasteiger partial charge >= 0.3 is 0 Å². The molecule has 110 valence electrons. The van der Waals surface area contributed by atoms with Gasteiger partial charge in [-0.25, -0.2) is 0 Å². The molecule has 18 heavy (non-hydrogen) atoms. The number of hydrogen-bond acceptors (Lipinski definition) is 2. The van der Waals surface area contributed by atoms with Gasteiger partial charge < -0.3 is 5.73 Å². The zero-order chi connectivity index (χ0) is 13.8. The number of nitrogens with zero attached hydrogens (tertiary/aromatic N) is 1. The van der Waals surface area contributed by atoms with Crippen LogP contribution in [0.4, 0.5) is 0 Å². The molecule has 2 unspecified atom stereocenters. The van der Waals surface area contributed by atoms with Crippen molar-refractivity contribution in [2.24, 2.45) is 5.73 Å². The summed E-state index contributed by atoms with van der Waals surface area (Å²) in [5.41, 5.74) is 6.29. The summed E-state index contributed by atoms with van der Waals surface area (Å²) in [4.78, 5) is 2.46. The Kier molecular flexibility index (Phi) is 11.9. The molecule has 0 aliphatic heterocycles.